The van der Waals surface area contributed by atoms with Crippen molar-refractivity contribution in [2.24, 2.45) is 0 Å². The number of aliphatic hydroxyl groups is 1. The number of hydrogen-bond donors (Lipinski definition) is 2. The van der Waals surface area contributed by atoms with Crippen molar-refractivity contribution >= 4 is 17.0 Å². The third-order valence-electron chi connectivity index (χ3n) is 4.19. The molecule has 0 saturated carbocycles. The number of fused-ring (bicyclic) bond motifs is 1. The third kappa shape index (κ3) is 2.21. The Hall–Kier alpha value is -2.47. The highest BCUT2D eigenvalue weighted by atomic mass is 16.3. The van der Waals surface area contributed by atoms with Crippen molar-refractivity contribution in [1.29, 1.82) is 0 Å². The number of aromatic nitrogens is 4. The molecular weight excluding hydrogens is 278 g/mol. The molecule has 6 nitrogen and oxygen atoms in total. The first-order chi connectivity index (χ1) is 10.8. The zero-order valence-corrected chi connectivity index (χ0v) is 12.1. The predicted octanol–water partition coefficient (Wildman–Crippen LogP) is 2.06. The van der Waals surface area contributed by atoms with Gasteiger partial charge in [0.1, 0.15) is 0 Å². The molecule has 1 saturated heterocycles. The molecule has 22 heavy (non-hydrogen) atoms. The van der Waals surface area contributed by atoms with Crippen LogP contribution in [0.2, 0.25) is 0 Å². The lowest BCUT2D eigenvalue weighted by Crippen LogP contribution is -2.42. The van der Waals surface area contributed by atoms with Crippen LogP contribution in [0.15, 0.2) is 43.0 Å². The van der Waals surface area contributed by atoms with Crippen LogP contribution >= 0.6 is 0 Å². The summed E-state index contributed by atoms with van der Waals surface area (Å²) >= 11 is 0. The molecule has 1 aromatic carbocycles. The van der Waals surface area contributed by atoms with Gasteiger partial charge in [-0.1, -0.05) is 6.07 Å². The van der Waals surface area contributed by atoms with Gasteiger partial charge in [0, 0.05) is 18.9 Å². The molecule has 0 bridgehead atoms. The predicted molar refractivity (Wildman–Crippen MR) is 83.5 cm³/mol. The molecule has 2 unspecified atom stereocenters. The van der Waals surface area contributed by atoms with Crippen LogP contribution in [0, 0.1) is 0 Å². The minimum absolute atomic E-state index is 0.135. The highest BCUT2D eigenvalue weighted by Gasteiger charge is 2.33. The number of aliphatic hydroxyl groups excluding tert-OH is 1. The van der Waals surface area contributed by atoms with Gasteiger partial charge in [-0.05, 0) is 36.6 Å². The van der Waals surface area contributed by atoms with Crippen molar-refractivity contribution < 1.29 is 5.11 Å². The summed E-state index contributed by atoms with van der Waals surface area (Å²) in [6, 6.07) is 7.72. The van der Waals surface area contributed by atoms with Crippen LogP contribution in [0.3, 0.4) is 0 Å². The molecular formula is C16H17N5O. The number of benzene rings is 1. The lowest BCUT2D eigenvalue weighted by atomic mass is 9.92. The number of anilines is 1. The Bertz CT molecular complexity index is 772. The quantitative estimate of drug-likeness (QED) is 0.756. The average molecular weight is 295 g/mol. The van der Waals surface area contributed by atoms with Crippen LogP contribution in [0.25, 0.3) is 11.0 Å². The van der Waals surface area contributed by atoms with Gasteiger partial charge in [-0.15, -0.1) is 0 Å². The Kier molecular flexibility index (Phi) is 3.23. The van der Waals surface area contributed by atoms with E-state index in [1.807, 2.05) is 12.1 Å². The monoisotopic (exact) mass is 295 g/mol. The number of nitrogens with zero attached hydrogens (tertiary/aromatic N) is 4. The largest absolute Gasteiger partial charge is 0.391 e. The summed E-state index contributed by atoms with van der Waals surface area (Å²) in [5.41, 5.74) is 2.96. The Morgan fingerprint density at radius 2 is 2.05 bits per heavy atom. The Labute approximate surface area is 127 Å². The number of rotatable bonds is 2. The van der Waals surface area contributed by atoms with Crippen molar-refractivity contribution in [3.05, 3.63) is 48.5 Å². The highest BCUT2D eigenvalue weighted by molar-refractivity contribution is 5.75. The zero-order valence-electron chi connectivity index (χ0n) is 12.1. The number of hydrogen-bond acceptors (Lipinski definition) is 5. The SMILES string of the molecule is OC1CCCN(c2ncccn2)C1c1ccc2nc[nH]c2c1. The zero-order chi connectivity index (χ0) is 14.9. The summed E-state index contributed by atoms with van der Waals surface area (Å²) in [7, 11) is 0. The van der Waals surface area contributed by atoms with Gasteiger partial charge in [0.15, 0.2) is 0 Å². The highest BCUT2D eigenvalue weighted by Crippen LogP contribution is 2.34. The fraction of sp³-hybridized carbons (Fsp3) is 0.312. The topological polar surface area (TPSA) is 77.9 Å². The van der Waals surface area contributed by atoms with Gasteiger partial charge in [0.2, 0.25) is 5.95 Å². The van der Waals surface area contributed by atoms with E-state index in [9.17, 15) is 5.11 Å². The molecule has 0 radical (unpaired) electrons. The summed E-state index contributed by atoms with van der Waals surface area (Å²) in [6.07, 6.45) is 6.44. The van der Waals surface area contributed by atoms with E-state index in [2.05, 4.69) is 30.9 Å². The molecule has 3 heterocycles. The minimum atomic E-state index is -0.432. The summed E-state index contributed by atoms with van der Waals surface area (Å²) in [4.78, 5) is 18.2. The fourth-order valence-corrected chi connectivity index (χ4v) is 3.18. The molecule has 1 aliphatic heterocycles. The number of H-pyrrole nitrogens is 1. The van der Waals surface area contributed by atoms with Gasteiger partial charge in [0.25, 0.3) is 0 Å². The molecule has 2 atom stereocenters. The summed E-state index contributed by atoms with van der Waals surface area (Å²) in [5.74, 6) is 0.663. The molecule has 0 aliphatic carbocycles. The molecule has 2 N–H and O–H groups in total. The Morgan fingerprint density at radius 1 is 1.18 bits per heavy atom. The van der Waals surface area contributed by atoms with Gasteiger partial charge >= 0.3 is 0 Å². The van der Waals surface area contributed by atoms with E-state index in [0.29, 0.717) is 5.95 Å². The maximum Gasteiger partial charge on any atom is 0.225 e. The van der Waals surface area contributed by atoms with Crippen molar-refractivity contribution in [3.63, 3.8) is 0 Å². The van der Waals surface area contributed by atoms with Gasteiger partial charge in [-0.2, -0.15) is 0 Å². The molecule has 1 fully saturated rings. The Balaban J connectivity index is 1.77. The van der Waals surface area contributed by atoms with Gasteiger partial charge in [0.05, 0.1) is 29.5 Å². The van der Waals surface area contributed by atoms with Gasteiger partial charge in [-0.25, -0.2) is 15.0 Å². The van der Waals surface area contributed by atoms with Crippen molar-refractivity contribution in [2.75, 3.05) is 11.4 Å². The molecule has 112 valence electrons. The summed E-state index contributed by atoms with van der Waals surface area (Å²) < 4.78 is 0. The van der Waals surface area contributed by atoms with Crippen molar-refractivity contribution in [3.8, 4) is 0 Å². The van der Waals surface area contributed by atoms with E-state index in [-0.39, 0.29) is 6.04 Å². The Morgan fingerprint density at radius 3 is 2.91 bits per heavy atom. The average Bonchev–Trinajstić information content (AvgIpc) is 3.03. The normalized spacial score (nSPS) is 22.1. The van der Waals surface area contributed by atoms with E-state index in [4.69, 9.17) is 0 Å². The van der Waals surface area contributed by atoms with E-state index in [1.165, 1.54) is 0 Å². The summed E-state index contributed by atoms with van der Waals surface area (Å²) in [5, 5.41) is 10.6. The first kappa shape index (κ1) is 13.2. The molecule has 0 spiro atoms. The second-order valence-electron chi connectivity index (χ2n) is 5.58. The molecule has 1 aliphatic rings. The smallest absolute Gasteiger partial charge is 0.225 e. The number of nitrogens with one attached hydrogen (secondary N) is 1. The van der Waals surface area contributed by atoms with Crippen LogP contribution in [0.1, 0.15) is 24.4 Å². The molecule has 2 aromatic heterocycles. The lowest BCUT2D eigenvalue weighted by molar-refractivity contribution is 0.112. The van der Waals surface area contributed by atoms with Crippen LogP contribution in [0.4, 0.5) is 5.95 Å². The standard InChI is InChI=1S/C16H17N5O/c22-14-3-1-8-21(16-17-6-2-7-18-16)15(14)11-4-5-12-13(9-11)20-10-19-12/h2,4-7,9-10,14-15,22H,1,3,8H2,(H,19,20). The number of imidazole rings is 1. The van der Waals surface area contributed by atoms with Crippen LogP contribution < -0.4 is 4.90 Å². The molecule has 3 aromatic rings. The first-order valence-electron chi connectivity index (χ1n) is 7.48. The maximum absolute atomic E-state index is 10.6. The van der Waals surface area contributed by atoms with E-state index in [1.54, 1.807) is 24.8 Å². The third-order valence-corrected chi connectivity index (χ3v) is 4.19. The van der Waals surface area contributed by atoms with Gasteiger partial charge < -0.3 is 15.0 Å². The first-order valence-corrected chi connectivity index (χ1v) is 7.48. The van der Waals surface area contributed by atoms with Crippen molar-refractivity contribution in [2.45, 2.75) is 25.0 Å². The minimum Gasteiger partial charge on any atom is -0.391 e. The summed E-state index contributed by atoms with van der Waals surface area (Å²) in [6.45, 7) is 0.840. The second kappa shape index (κ2) is 5.38. The molecule has 0 amide bonds. The maximum atomic E-state index is 10.6. The number of piperidine rings is 1. The fourth-order valence-electron chi connectivity index (χ4n) is 3.18. The van der Waals surface area contributed by atoms with E-state index in [0.717, 1.165) is 36.0 Å². The molecule has 6 heteroatoms. The number of aromatic amines is 1. The second-order valence-corrected chi connectivity index (χ2v) is 5.58. The van der Waals surface area contributed by atoms with E-state index >= 15 is 0 Å². The van der Waals surface area contributed by atoms with Crippen LogP contribution in [-0.4, -0.2) is 37.7 Å². The van der Waals surface area contributed by atoms with Crippen LogP contribution in [-0.2, 0) is 0 Å². The van der Waals surface area contributed by atoms with E-state index < -0.39 is 6.10 Å². The van der Waals surface area contributed by atoms with Gasteiger partial charge in [-0.3, -0.25) is 0 Å². The van der Waals surface area contributed by atoms with Crippen LogP contribution in [0.5, 0.6) is 0 Å². The lowest BCUT2D eigenvalue weighted by Gasteiger charge is -2.39. The molecule has 4 rings (SSSR count). The van der Waals surface area contributed by atoms with Crippen molar-refractivity contribution in [1.82, 2.24) is 19.9 Å².